The highest BCUT2D eigenvalue weighted by molar-refractivity contribution is 6.31. The zero-order chi connectivity index (χ0) is 18.7. The molecule has 3 nitrogen and oxygen atoms in total. The first-order chi connectivity index (χ1) is 12.3. The Morgan fingerprint density at radius 1 is 1.08 bits per heavy atom. The molecule has 3 aromatic rings. The van der Waals surface area contributed by atoms with Crippen molar-refractivity contribution >= 4 is 39.8 Å². The first kappa shape index (κ1) is 18.9. The summed E-state index contributed by atoms with van der Waals surface area (Å²) in [5.41, 5.74) is 2.49. The SMILES string of the molecule is CC(C)(CNc1ccnc2cc(Cl)ccc12)NCc1ccc(Cl)c(F)c1. The molecule has 0 aliphatic carbocycles. The third kappa shape index (κ3) is 4.64. The van der Waals surface area contributed by atoms with Crippen LogP contribution in [0.2, 0.25) is 10.0 Å². The van der Waals surface area contributed by atoms with Crippen molar-refractivity contribution in [3.05, 3.63) is 70.1 Å². The van der Waals surface area contributed by atoms with Crippen molar-refractivity contribution in [3.63, 3.8) is 0 Å². The van der Waals surface area contributed by atoms with Crippen molar-refractivity contribution in [2.24, 2.45) is 0 Å². The standard InChI is InChI=1S/C20H20Cl2FN3/c1-20(2,26-11-13-3-6-16(22)17(23)9-13)12-25-18-7-8-24-19-10-14(21)4-5-15(18)19/h3-10,26H,11-12H2,1-2H3,(H,24,25). The Bertz CT molecular complexity index is 928. The van der Waals surface area contributed by atoms with Crippen LogP contribution in [0.3, 0.4) is 0 Å². The maximum absolute atomic E-state index is 13.6. The largest absolute Gasteiger partial charge is 0.383 e. The van der Waals surface area contributed by atoms with Crippen LogP contribution in [0.15, 0.2) is 48.7 Å². The lowest BCUT2D eigenvalue weighted by Gasteiger charge is -2.27. The zero-order valence-corrected chi connectivity index (χ0v) is 16.1. The Labute approximate surface area is 162 Å². The van der Waals surface area contributed by atoms with E-state index >= 15 is 0 Å². The lowest BCUT2D eigenvalue weighted by molar-refractivity contribution is 0.406. The predicted octanol–water partition coefficient (Wildman–Crippen LogP) is 5.66. The highest BCUT2D eigenvalue weighted by Crippen LogP contribution is 2.25. The van der Waals surface area contributed by atoms with E-state index in [0.717, 1.165) is 22.2 Å². The van der Waals surface area contributed by atoms with E-state index in [2.05, 4.69) is 29.5 Å². The number of nitrogens with one attached hydrogen (secondary N) is 2. The molecule has 0 aliphatic heterocycles. The first-order valence-electron chi connectivity index (χ1n) is 8.31. The average molecular weight is 392 g/mol. The smallest absolute Gasteiger partial charge is 0.142 e. The van der Waals surface area contributed by atoms with Crippen LogP contribution in [0.25, 0.3) is 10.9 Å². The number of nitrogens with zero attached hydrogens (tertiary/aromatic N) is 1. The van der Waals surface area contributed by atoms with Crippen molar-refractivity contribution in [1.29, 1.82) is 0 Å². The summed E-state index contributed by atoms with van der Waals surface area (Å²) in [6.45, 7) is 5.42. The number of halogens is 3. The van der Waals surface area contributed by atoms with Gasteiger partial charge in [-0.3, -0.25) is 4.98 Å². The number of hydrogen-bond acceptors (Lipinski definition) is 3. The minimum Gasteiger partial charge on any atom is -0.383 e. The molecule has 0 bridgehead atoms. The van der Waals surface area contributed by atoms with Crippen molar-refractivity contribution in [2.75, 3.05) is 11.9 Å². The van der Waals surface area contributed by atoms with Crippen molar-refractivity contribution in [3.8, 4) is 0 Å². The number of fused-ring (bicyclic) bond motifs is 1. The second-order valence-electron chi connectivity index (χ2n) is 6.86. The molecule has 0 fully saturated rings. The Balaban J connectivity index is 1.65. The second kappa shape index (κ2) is 7.78. The van der Waals surface area contributed by atoms with E-state index < -0.39 is 5.82 Å². The van der Waals surface area contributed by atoms with Gasteiger partial charge in [0.25, 0.3) is 0 Å². The van der Waals surface area contributed by atoms with Crippen LogP contribution < -0.4 is 10.6 Å². The molecule has 0 amide bonds. The topological polar surface area (TPSA) is 37.0 Å². The number of rotatable bonds is 6. The van der Waals surface area contributed by atoms with Gasteiger partial charge in [0.15, 0.2) is 0 Å². The third-order valence-electron chi connectivity index (χ3n) is 4.18. The van der Waals surface area contributed by atoms with E-state index in [9.17, 15) is 4.39 Å². The Hall–Kier alpha value is -1.88. The summed E-state index contributed by atoms with van der Waals surface area (Å²) >= 11 is 11.8. The van der Waals surface area contributed by atoms with Gasteiger partial charge in [-0.25, -0.2) is 4.39 Å². The van der Waals surface area contributed by atoms with Gasteiger partial charge in [-0.15, -0.1) is 0 Å². The molecule has 2 aromatic carbocycles. The predicted molar refractivity (Wildman–Crippen MR) is 108 cm³/mol. The number of pyridine rings is 1. The molecule has 136 valence electrons. The molecule has 2 N–H and O–H groups in total. The van der Waals surface area contributed by atoms with Crippen molar-refractivity contribution in [1.82, 2.24) is 10.3 Å². The van der Waals surface area contributed by atoms with Crippen LogP contribution in [0.5, 0.6) is 0 Å². The Morgan fingerprint density at radius 3 is 2.65 bits per heavy atom. The van der Waals surface area contributed by atoms with Gasteiger partial charge in [0.1, 0.15) is 5.82 Å². The van der Waals surface area contributed by atoms with Crippen molar-refractivity contribution < 1.29 is 4.39 Å². The summed E-state index contributed by atoms with van der Waals surface area (Å²) in [6, 6.07) is 12.5. The van der Waals surface area contributed by atoms with Gasteiger partial charge in [-0.1, -0.05) is 29.3 Å². The molecule has 1 aromatic heterocycles. The fourth-order valence-electron chi connectivity index (χ4n) is 2.65. The van der Waals surface area contributed by atoms with Gasteiger partial charge in [-0.2, -0.15) is 0 Å². The van der Waals surface area contributed by atoms with E-state index in [1.165, 1.54) is 6.07 Å². The van der Waals surface area contributed by atoms with E-state index in [4.69, 9.17) is 23.2 Å². The van der Waals surface area contributed by atoms with Gasteiger partial charge < -0.3 is 10.6 Å². The van der Waals surface area contributed by atoms with E-state index in [0.29, 0.717) is 18.1 Å². The molecule has 0 unspecified atom stereocenters. The van der Waals surface area contributed by atoms with Gasteiger partial charge in [-0.05, 0) is 55.8 Å². The van der Waals surface area contributed by atoms with Gasteiger partial charge >= 0.3 is 0 Å². The fraction of sp³-hybridized carbons (Fsp3) is 0.250. The summed E-state index contributed by atoms with van der Waals surface area (Å²) in [5.74, 6) is -0.399. The average Bonchev–Trinajstić information content (AvgIpc) is 2.61. The molecule has 0 saturated carbocycles. The Morgan fingerprint density at radius 2 is 1.88 bits per heavy atom. The summed E-state index contributed by atoms with van der Waals surface area (Å²) in [7, 11) is 0. The number of benzene rings is 2. The first-order valence-corrected chi connectivity index (χ1v) is 9.07. The molecule has 0 saturated heterocycles. The van der Waals surface area contributed by atoms with Crippen LogP contribution >= 0.6 is 23.2 Å². The van der Waals surface area contributed by atoms with Crippen LogP contribution in [-0.2, 0) is 6.54 Å². The highest BCUT2D eigenvalue weighted by Gasteiger charge is 2.17. The lowest BCUT2D eigenvalue weighted by atomic mass is 10.0. The number of aromatic nitrogens is 1. The maximum atomic E-state index is 13.6. The molecule has 0 radical (unpaired) electrons. The summed E-state index contributed by atoms with van der Waals surface area (Å²) in [6.07, 6.45) is 1.76. The van der Waals surface area contributed by atoms with Crippen LogP contribution in [0, 0.1) is 5.82 Å². The van der Waals surface area contributed by atoms with E-state index in [1.807, 2.05) is 30.3 Å². The molecule has 0 atom stereocenters. The minimum absolute atomic E-state index is 0.138. The summed E-state index contributed by atoms with van der Waals surface area (Å²) in [4.78, 5) is 4.35. The van der Waals surface area contributed by atoms with Crippen LogP contribution in [0.4, 0.5) is 10.1 Å². The highest BCUT2D eigenvalue weighted by atomic mass is 35.5. The van der Waals surface area contributed by atoms with Gasteiger partial charge in [0.05, 0.1) is 10.5 Å². The molecule has 26 heavy (non-hydrogen) atoms. The molecule has 6 heteroatoms. The second-order valence-corrected chi connectivity index (χ2v) is 7.70. The molecule has 3 rings (SSSR count). The van der Waals surface area contributed by atoms with Gasteiger partial charge in [0, 0.05) is 40.9 Å². The third-order valence-corrected chi connectivity index (χ3v) is 4.72. The number of hydrogen-bond donors (Lipinski definition) is 2. The molecular formula is C20H20Cl2FN3. The molecule has 0 spiro atoms. The minimum atomic E-state index is -0.399. The van der Waals surface area contributed by atoms with Gasteiger partial charge in [0.2, 0.25) is 0 Å². The quantitative estimate of drug-likeness (QED) is 0.568. The molecular weight excluding hydrogens is 372 g/mol. The lowest BCUT2D eigenvalue weighted by Crippen LogP contribution is -2.44. The van der Waals surface area contributed by atoms with Crippen LogP contribution in [-0.4, -0.2) is 17.1 Å². The maximum Gasteiger partial charge on any atom is 0.142 e. The summed E-state index contributed by atoms with van der Waals surface area (Å²) in [5, 5.41) is 8.73. The van der Waals surface area contributed by atoms with Crippen molar-refractivity contribution in [2.45, 2.75) is 25.9 Å². The monoisotopic (exact) mass is 391 g/mol. The van der Waals surface area contributed by atoms with Crippen LogP contribution in [0.1, 0.15) is 19.4 Å². The Kier molecular flexibility index (Phi) is 5.66. The molecule has 0 aliphatic rings. The van der Waals surface area contributed by atoms with E-state index in [1.54, 1.807) is 12.3 Å². The zero-order valence-electron chi connectivity index (χ0n) is 14.6. The van der Waals surface area contributed by atoms with E-state index in [-0.39, 0.29) is 10.6 Å². The fourth-order valence-corrected chi connectivity index (χ4v) is 2.93. The normalized spacial score (nSPS) is 11.7. The summed E-state index contributed by atoms with van der Waals surface area (Å²) < 4.78 is 13.6. The molecule has 1 heterocycles. The number of anilines is 1.